The number of hydrogen-bond acceptors (Lipinski definition) is 7. The molecule has 0 radical (unpaired) electrons. The first-order chi connectivity index (χ1) is 18.1. The maximum absolute atomic E-state index is 12.1. The number of methoxy groups -OCH3 is 1. The number of unbranched alkanes of at least 4 members (excludes halogenated alkanes) is 15. The van der Waals surface area contributed by atoms with Gasteiger partial charge < -0.3 is 29.1 Å². The van der Waals surface area contributed by atoms with Crippen LogP contribution in [0.15, 0.2) is 0 Å². The number of amides is 1. The average Bonchev–Trinajstić information content (AvgIpc) is 2.88. The third kappa shape index (κ3) is 27.2. The van der Waals surface area contributed by atoms with E-state index in [0.717, 1.165) is 19.3 Å². The zero-order valence-corrected chi connectivity index (χ0v) is 23.8. The van der Waals surface area contributed by atoms with Crippen molar-refractivity contribution in [2.45, 2.75) is 129 Å². The summed E-state index contributed by atoms with van der Waals surface area (Å²) >= 11 is 0. The highest BCUT2D eigenvalue weighted by Gasteiger charge is 2.18. The Balaban J connectivity index is 3.59. The van der Waals surface area contributed by atoms with Crippen LogP contribution in [0.2, 0.25) is 0 Å². The second kappa shape index (κ2) is 28.9. The van der Waals surface area contributed by atoms with Crippen molar-refractivity contribution >= 4 is 18.3 Å². The molecule has 0 heterocycles. The number of carbonyl (C=O) groups excluding carboxylic acids is 3. The van der Waals surface area contributed by atoms with Crippen molar-refractivity contribution in [2.24, 2.45) is 0 Å². The molecular weight excluding hydrogens is 474 g/mol. The average molecular weight is 530 g/mol. The number of carbonyl (C=O) groups is 3. The Hall–Kier alpha value is -1.67. The van der Waals surface area contributed by atoms with Crippen LogP contribution < -0.4 is 5.32 Å². The second-order valence-corrected chi connectivity index (χ2v) is 9.71. The highest BCUT2D eigenvalue weighted by Crippen LogP contribution is 2.13. The quantitative estimate of drug-likeness (QED) is 0.0699. The van der Waals surface area contributed by atoms with Crippen molar-refractivity contribution in [3.05, 3.63) is 0 Å². The smallest absolute Gasteiger partial charge is 0.407 e. The number of nitrogens with one attached hydrogen (secondary N) is 1. The Morgan fingerprint density at radius 1 is 0.676 bits per heavy atom. The summed E-state index contributed by atoms with van der Waals surface area (Å²) in [6.45, 7) is 3.84. The minimum atomic E-state index is -0.687. The molecule has 1 atom stereocenters. The summed E-state index contributed by atoms with van der Waals surface area (Å²) in [6, 6.07) is -0.641. The van der Waals surface area contributed by atoms with E-state index in [2.05, 4.69) is 12.2 Å². The molecule has 1 amide bonds. The van der Waals surface area contributed by atoms with E-state index in [9.17, 15) is 14.4 Å². The minimum Gasteiger partial charge on any atom is -0.466 e. The van der Waals surface area contributed by atoms with Gasteiger partial charge in [0.1, 0.15) is 12.9 Å². The molecule has 0 aromatic rings. The fourth-order valence-corrected chi connectivity index (χ4v) is 4.05. The molecule has 37 heavy (non-hydrogen) atoms. The molecule has 1 N–H and O–H groups in total. The minimum absolute atomic E-state index is 0.0214. The van der Waals surface area contributed by atoms with Crippen molar-refractivity contribution in [2.75, 3.05) is 40.1 Å². The van der Waals surface area contributed by atoms with Gasteiger partial charge in [-0.2, -0.15) is 0 Å². The molecule has 0 aliphatic carbocycles. The molecule has 0 saturated carbocycles. The number of rotatable bonds is 28. The first-order valence-corrected chi connectivity index (χ1v) is 14.7. The highest BCUT2D eigenvalue weighted by atomic mass is 16.6. The predicted octanol–water partition coefficient (Wildman–Crippen LogP) is 6.53. The van der Waals surface area contributed by atoms with Crippen LogP contribution in [0.25, 0.3) is 0 Å². The van der Waals surface area contributed by atoms with E-state index < -0.39 is 18.1 Å². The van der Waals surface area contributed by atoms with Crippen molar-refractivity contribution in [1.82, 2.24) is 5.32 Å². The topological polar surface area (TPSA) is 100 Å². The second-order valence-electron chi connectivity index (χ2n) is 9.71. The molecule has 8 heteroatoms. The number of ether oxygens (including phenoxy) is 4. The van der Waals surface area contributed by atoms with E-state index in [1.807, 2.05) is 0 Å². The van der Waals surface area contributed by atoms with Gasteiger partial charge in [0.2, 0.25) is 0 Å². The molecule has 218 valence electrons. The monoisotopic (exact) mass is 529 g/mol. The van der Waals surface area contributed by atoms with Crippen LogP contribution in [0.5, 0.6) is 0 Å². The Kier molecular flexibility index (Phi) is 27.6. The molecule has 0 fully saturated rings. The van der Waals surface area contributed by atoms with Crippen LogP contribution in [-0.4, -0.2) is 64.5 Å². The van der Waals surface area contributed by atoms with Gasteiger partial charge in [-0.25, -0.2) is 4.79 Å². The van der Waals surface area contributed by atoms with Gasteiger partial charge in [0.25, 0.3) is 0 Å². The van der Waals surface area contributed by atoms with Crippen LogP contribution in [0.1, 0.15) is 122 Å². The Labute approximate surface area is 225 Å². The Morgan fingerprint density at radius 2 is 1.19 bits per heavy atom. The molecule has 8 nitrogen and oxygen atoms in total. The molecule has 0 aromatic carbocycles. The first kappa shape index (κ1) is 35.3. The van der Waals surface area contributed by atoms with Crippen LogP contribution in [0.3, 0.4) is 0 Å². The van der Waals surface area contributed by atoms with E-state index in [1.54, 1.807) is 7.11 Å². The van der Waals surface area contributed by atoms with E-state index in [4.69, 9.17) is 18.9 Å². The maximum atomic E-state index is 12.1. The van der Waals surface area contributed by atoms with Crippen LogP contribution in [-0.2, 0) is 28.5 Å². The molecule has 0 bridgehead atoms. The Bertz CT molecular complexity index is 530. The van der Waals surface area contributed by atoms with Gasteiger partial charge in [0.15, 0.2) is 0 Å². The van der Waals surface area contributed by atoms with Crippen molar-refractivity contribution < 1.29 is 33.3 Å². The number of alkyl carbamates (subject to hydrolysis) is 1. The van der Waals surface area contributed by atoms with E-state index in [0.29, 0.717) is 26.1 Å². The van der Waals surface area contributed by atoms with Gasteiger partial charge in [0, 0.05) is 19.6 Å². The van der Waals surface area contributed by atoms with Crippen molar-refractivity contribution in [3.8, 4) is 0 Å². The molecule has 0 aliphatic rings. The van der Waals surface area contributed by atoms with Crippen LogP contribution >= 0.6 is 0 Å². The van der Waals surface area contributed by atoms with Crippen molar-refractivity contribution in [1.29, 1.82) is 0 Å². The molecule has 0 aromatic heterocycles. The summed E-state index contributed by atoms with van der Waals surface area (Å²) in [7, 11) is 1.58. The van der Waals surface area contributed by atoms with Crippen molar-refractivity contribution in [3.63, 3.8) is 0 Å². The van der Waals surface area contributed by atoms with Crippen LogP contribution in [0.4, 0.5) is 4.79 Å². The predicted molar refractivity (Wildman–Crippen MR) is 147 cm³/mol. The summed E-state index contributed by atoms with van der Waals surface area (Å²) in [5, 5.41) is 2.54. The molecule has 0 rings (SSSR count). The molecular formula is C29H55NO7. The molecule has 0 saturated heterocycles. The maximum Gasteiger partial charge on any atom is 0.407 e. The molecule has 1 unspecified atom stereocenters. The van der Waals surface area contributed by atoms with Gasteiger partial charge >= 0.3 is 12.1 Å². The zero-order chi connectivity index (χ0) is 27.2. The first-order valence-electron chi connectivity index (χ1n) is 14.7. The Morgan fingerprint density at radius 3 is 1.70 bits per heavy atom. The van der Waals surface area contributed by atoms with E-state index in [-0.39, 0.29) is 26.1 Å². The summed E-state index contributed by atoms with van der Waals surface area (Å²) in [6.07, 6.45) is 20.6. The fraction of sp³-hybridized carbons (Fsp3) is 0.897. The third-order valence-corrected chi connectivity index (χ3v) is 6.27. The zero-order valence-electron chi connectivity index (χ0n) is 23.8. The fourth-order valence-electron chi connectivity index (χ4n) is 4.05. The lowest BCUT2D eigenvalue weighted by Gasteiger charge is -2.16. The van der Waals surface area contributed by atoms with E-state index >= 15 is 0 Å². The lowest BCUT2D eigenvalue weighted by molar-refractivity contribution is -0.144. The summed E-state index contributed by atoms with van der Waals surface area (Å²) < 4.78 is 20.3. The summed E-state index contributed by atoms with van der Waals surface area (Å²) in [5.41, 5.74) is 0. The largest absolute Gasteiger partial charge is 0.466 e. The SMILES string of the molecule is CCCCCCCCCCCCCCCCCCOC(=O)CC(CC=O)NC(=O)OCCOCCOC. The lowest BCUT2D eigenvalue weighted by Crippen LogP contribution is -2.38. The van der Waals surface area contributed by atoms with Gasteiger partial charge in [-0.15, -0.1) is 0 Å². The van der Waals surface area contributed by atoms with Gasteiger partial charge in [-0.05, 0) is 6.42 Å². The van der Waals surface area contributed by atoms with Gasteiger partial charge in [-0.1, -0.05) is 103 Å². The third-order valence-electron chi connectivity index (χ3n) is 6.27. The number of aldehydes is 1. The van der Waals surface area contributed by atoms with Gasteiger partial charge in [0.05, 0.1) is 32.8 Å². The molecule has 0 aliphatic heterocycles. The molecule has 0 spiro atoms. The lowest BCUT2D eigenvalue weighted by atomic mass is 10.0. The summed E-state index contributed by atoms with van der Waals surface area (Å²) in [5.74, 6) is -0.420. The van der Waals surface area contributed by atoms with E-state index in [1.165, 1.54) is 83.5 Å². The highest BCUT2D eigenvalue weighted by molar-refractivity contribution is 5.73. The summed E-state index contributed by atoms with van der Waals surface area (Å²) in [4.78, 5) is 34.8. The van der Waals surface area contributed by atoms with Crippen LogP contribution in [0, 0.1) is 0 Å². The number of esters is 1. The standard InChI is InChI=1S/C29H55NO7/c1-3-4-5-6-7-8-9-10-11-12-13-14-15-16-17-18-21-36-28(32)26-27(19-20-31)30-29(33)37-25-24-35-23-22-34-2/h20,27H,3-19,21-26H2,1-2H3,(H,30,33). The number of hydrogen-bond donors (Lipinski definition) is 1. The normalized spacial score (nSPS) is 11.7. The van der Waals surface area contributed by atoms with Gasteiger partial charge in [-0.3, -0.25) is 4.79 Å².